The molecule has 0 aromatic heterocycles. The third kappa shape index (κ3) is 2.20. The summed E-state index contributed by atoms with van der Waals surface area (Å²) in [5, 5.41) is 0. The van der Waals surface area contributed by atoms with Crippen molar-refractivity contribution in [1.82, 2.24) is 0 Å². The van der Waals surface area contributed by atoms with Gasteiger partial charge in [0.05, 0.1) is 0 Å². The van der Waals surface area contributed by atoms with Crippen molar-refractivity contribution < 1.29 is 3.76 Å². The van der Waals surface area contributed by atoms with Gasteiger partial charge in [0.2, 0.25) is 0 Å². The van der Waals surface area contributed by atoms with E-state index in [2.05, 4.69) is 0 Å². The molecule has 1 aromatic rings. The summed E-state index contributed by atoms with van der Waals surface area (Å²) >= 11 is 1.70. The Hall–Kier alpha value is -0.277. The molecule has 0 heterocycles. The van der Waals surface area contributed by atoms with Crippen LogP contribution >= 0.6 is 0 Å². The molecule has 0 spiro atoms. The Morgan fingerprint density at radius 2 is 1.89 bits per heavy atom. The fourth-order valence-corrected chi connectivity index (χ4v) is 1.01. The molecule has 1 rings (SSSR count). The molecule has 3 radical (unpaired) electrons. The Morgan fingerprint density at radius 1 is 1.22 bits per heavy atom. The van der Waals surface area contributed by atoms with Crippen molar-refractivity contribution in [2.24, 2.45) is 0 Å². The normalized spacial score (nSPS) is 9.44. The molecule has 0 aliphatic heterocycles. The van der Waals surface area contributed by atoms with Gasteiger partial charge in [-0.15, -0.1) is 0 Å². The van der Waals surface area contributed by atoms with E-state index in [1.165, 1.54) is 5.56 Å². The van der Waals surface area contributed by atoms with Gasteiger partial charge in [-0.25, -0.2) is 0 Å². The van der Waals surface area contributed by atoms with Crippen molar-refractivity contribution in [3.05, 3.63) is 35.9 Å². The Bertz CT molecular complexity index is 162. The second-order valence-electron chi connectivity index (χ2n) is 1.77. The third-order valence-electron chi connectivity index (χ3n) is 1.08. The molecule has 0 unspecified atom stereocenters. The Labute approximate surface area is 63.6 Å². The van der Waals surface area contributed by atoms with E-state index in [1.54, 1.807) is 16.9 Å². The van der Waals surface area contributed by atoms with Crippen molar-refractivity contribution in [2.75, 3.05) is 0 Å². The number of benzene rings is 1. The van der Waals surface area contributed by atoms with Crippen LogP contribution < -0.4 is 0 Å². The second-order valence-corrected chi connectivity index (χ2v) is 2.38. The summed E-state index contributed by atoms with van der Waals surface area (Å²) in [6.07, 6.45) is 0. The number of hydrogen-bond acceptors (Lipinski definition) is 1. The molecule has 45 valence electrons. The van der Waals surface area contributed by atoms with E-state index in [9.17, 15) is 0 Å². The van der Waals surface area contributed by atoms with Crippen molar-refractivity contribution in [1.29, 1.82) is 0 Å². The van der Waals surface area contributed by atoms with Crippen LogP contribution in [0.25, 0.3) is 0 Å². The molecular formula is C7H7GeO. The topological polar surface area (TPSA) is 9.23 Å². The monoisotopic (exact) mass is 181 g/mol. The average molecular weight is 180 g/mol. The van der Waals surface area contributed by atoms with E-state index in [-0.39, 0.29) is 0 Å². The van der Waals surface area contributed by atoms with E-state index < -0.39 is 0 Å². The van der Waals surface area contributed by atoms with Crippen LogP contribution in [0, 0.1) is 0 Å². The first-order valence-corrected chi connectivity index (χ1v) is 3.61. The molecule has 2 heteroatoms. The Kier molecular flexibility index (Phi) is 2.81. The fourth-order valence-electron chi connectivity index (χ4n) is 0.658. The first-order chi connectivity index (χ1) is 4.43. The van der Waals surface area contributed by atoms with Crippen LogP contribution in [0.1, 0.15) is 5.56 Å². The first-order valence-electron chi connectivity index (χ1n) is 2.76. The summed E-state index contributed by atoms with van der Waals surface area (Å²) < 4.78 is 4.93. The van der Waals surface area contributed by atoms with Crippen LogP contribution in [0.4, 0.5) is 0 Å². The van der Waals surface area contributed by atoms with Gasteiger partial charge in [0.25, 0.3) is 0 Å². The van der Waals surface area contributed by atoms with Crippen LogP contribution in [0.15, 0.2) is 30.3 Å². The van der Waals surface area contributed by atoms with Crippen LogP contribution in [-0.4, -0.2) is 16.9 Å². The van der Waals surface area contributed by atoms with Crippen LogP contribution in [0.3, 0.4) is 0 Å². The predicted octanol–water partition coefficient (Wildman–Crippen LogP) is 1.29. The fraction of sp³-hybridized carbons (Fsp3) is 0.143. The van der Waals surface area contributed by atoms with Gasteiger partial charge in [0, 0.05) is 0 Å². The van der Waals surface area contributed by atoms with Crippen molar-refractivity contribution >= 4 is 16.9 Å². The first kappa shape index (κ1) is 6.84. The molecule has 0 aliphatic rings. The maximum absolute atomic E-state index is 4.93. The molecule has 9 heavy (non-hydrogen) atoms. The van der Waals surface area contributed by atoms with Gasteiger partial charge in [-0.2, -0.15) is 0 Å². The van der Waals surface area contributed by atoms with Crippen molar-refractivity contribution in [3.63, 3.8) is 0 Å². The van der Waals surface area contributed by atoms with Gasteiger partial charge < -0.3 is 0 Å². The van der Waals surface area contributed by atoms with Gasteiger partial charge in [-0.1, -0.05) is 0 Å². The molecule has 1 nitrogen and oxygen atoms in total. The minimum atomic E-state index is 0.709. The van der Waals surface area contributed by atoms with Crippen LogP contribution in [0.2, 0.25) is 0 Å². The van der Waals surface area contributed by atoms with E-state index in [4.69, 9.17) is 3.76 Å². The molecular weight excluding hydrogens is 173 g/mol. The molecule has 1 aromatic carbocycles. The standard InChI is InChI=1S/C7H7GeO/c8-9-6-7-4-2-1-3-5-7/h1-5H,6H2. The van der Waals surface area contributed by atoms with E-state index in [0.717, 1.165) is 0 Å². The molecule has 0 amide bonds. The van der Waals surface area contributed by atoms with Crippen LogP contribution in [-0.2, 0) is 10.4 Å². The SMILES string of the molecule is [Ge][O]Cc1ccccc1. The van der Waals surface area contributed by atoms with Gasteiger partial charge in [-0.05, 0) is 0 Å². The summed E-state index contributed by atoms with van der Waals surface area (Å²) in [5.41, 5.74) is 1.22. The number of hydrogen-bond donors (Lipinski definition) is 0. The van der Waals surface area contributed by atoms with Gasteiger partial charge in [0.15, 0.2) is 0 Å². The summed E-state index contributed by atoms with van der Waals surface area (Å²) in [7, 11) is 0. The zero-order valence-corrected chi connectivity index (χ0v) is 7.10. The second kappa shape index (κ2) is 3.69. The summed E-state index contributed by atoms with van der Waals surface area (Å²) in [4.78, 5) is 0. The molecule has 0 saturated carbocycles. The van der Waals surface area contributed by atoms with E-state index in [1.807, 2.05) is 30.3 Å². The summed E-state index contributed by atoms with van der Waals surface area (Å²) in [6, 6.07) is 10.1. The maximum atomic E-state index is 4.93. The zero-order valence-electron chi connectivity index (χ0n) is 5.00. The van der Waals surface area contributed by atoms with Gasteiger partial charge in [0.1, 0.15) is 0 Å². The summed E-state index contributed by atoms with van der Waals surface area (Å²) in [5.74, 6) is 0. The molecule has 0 bridgehead atoms. The zero-order chi connectivity index (χ0) is 6.53. The van der Waals surface area contributed by atoms with E-state index >= 15 is 0 Å². The van der Waals surface area contributed by atoms with Crippen molar-refractivity contribution in [2.45, 2.75) is 6.61 Å². The van der Waals surface area contributed by atoms with Crippen LogP contribution in [0.5, 0.6) is 0 Å². The third-order valence-corrected chi connectivity index (χ3v) is 1.38. The summed E-state index contributed by atoms with van der Waals surface area (Å²) in [6.45, 7) is 0.709. The minimum absolute atomic E-state index is 0.709. The molecule has 0 atom stereocenters. The molecule has 0 saturated heterocycles. The quantitative estimate of drug-likeness (QED) is 0.622. The Morgan fingerprint density at radius 3 is 2.44 bits per heavy atom. The van der Waals surface area contributed by atoms with E-state index in [0.29, 0.717) is 6.61 Å². The van der Waals surface area contributed by atoms with Gasteiger partial charge in [-0.3, -0.25) is 0 Å². The predicted molar refractivity (Wildman–Crippen MR) is 37.0 cm³/mol. The molecule has 0 fully saturated rings. The van der Waals surface area contributed by atoms with Gasteiger partial charge >= 0.3 is 63.1 Å². The van der Waals surface area contributed by atoms with Crippen molar-refractivity contribution in [3.8, 4) is 0 Å². The molecule has 0 N–H and O–H groups in total. The number of rotatable bonds is 2. The average Bonchev–Trinajstić information content (AvgIpc) is 1.91. The Balaban J connectivity index is 2.61. The molecule has 0 aliphatic carbocycles.